The molecule has 0 aliphatic carbocycles. The maximum absolute atomic E-state index is 12.2. The summed E-state index contributed by atoms with van der Waals surface area (Å²) in [5.41, 5.74) is 0. The second kappa shape index (κ2) is 12.7. The van der Waals surface area contributed by atoms with E-state index in [-0.39, 0.29) is 36.3 Å². The monoisotopic (exact) mass is 507 g/mol. The van der Waals surface area contributed by atoms with Crippen molar-refractivity contribution in [2.45, 2.75) is 17.9 Å². The Morgan fingerprint density at radius 2 is 1.85 bits per heavy atom. The second-order valence-corrected chi connectivity index (χ2v) is 7.65. The zero-order valence-corrected chi connectivity index (χ0v) is 18.4. The van der Waals surface area contributed by atoms with E-state index in [1.54, 1.807) is 43.6 Å². The first-order valence-corrected chi connectivity index (χ1v) is 10.1. The Morgan fingerprint density at radius 3 is 2.52 bits per heavy atom. The maximum Gasteiger partial charge on any atom is 0.191 e. The highest BCUT2D eigenvalue weighted by Crippen LogP contribution is 2.09. The lowest BCUT2D eigenvalue weighted by Gasteiger charge is -2.12. The third-order valence-electron chi connectivity index (χ3n) is 3.57. The van der Waals surface area contributed by atoms with Crippen molar-refractivity contribution in [1.29, 1.82) is 0 Å². The number of sulfone groups is 1. The predicted octanol–water partition coefficient (Wildman–Crippen LogP) is 2.44. The molecule has 150 valence electrons. The van der Waals surface area contributed by atoms with Crippen molar-refractivity contribution in [2.24, 2.45) is 4.99 Å². The summed E-state index contributed by atoms with van der Waals surface area (Å²) in [7, 11) is -1.65. The van der Waals surface area contributed by atoms with Crippen LogP contribution in [-0.4, -0.2) is 46.9 Å². The molecular weight excluding hydrogens is 481 g/mol. The molecule has 0 aliphatic rings. The van der Waals surface area contributed by atoms with Crippen molar-refractivity contribution in [1.82, 2.24) is 10.6 Å². The molecule has 9 heteroatoms. The minimum Gasteiger partial charge on any atom is -0.467 e. The van der Waals surface area contributed by atoms with E-state index in [0.717, 1.165) is 12.2 Å². The van der Waals surface area contributed by atoms with Crippen LogP contribution in [0.4, 0.5) is 0 Å². The largest absolute Gasteiger partial charge is 0.467 e. The van der Waals surface area contributed by atoms with E-state index < -0.39 is 9.84 Å². The molecule has 0 radical (unpaired) electrons. The van der Waals surface area contributed by atoms with Crippen molar-refractivity contribution in [3.8, 4) is 0 Å². The minimum absolute atomic E-state index is 0. The van der Waals surface area contributed by atoms with Gasteiger partial charge in [0.15, 0.2) is 15.8 Å². The highest BCUT2D eigenvalue weighted by Gasteiger charge is 2.13. The fourth-order valence-electron chi connectivity index (χ4n) is 2.22. The van der Waals surface area contributed by atoms with Gasteiger partial charge in [-0.3, -0.25) is 4.99 Å². The molecule has 0 atom stereocenters. The van der Waals surface area contributed by atoms with Crippen LogP contribution in [0.25, 0.3) is 0 Å². The van der Waals surface area contributed by atoms with Crippen LogP contribution in [0.2, 0.25) is 0 Å². The Bertz CT molecular complexity index is 765. The predicted molar refractivity (Wildman–Crippen MR) is 116 cm³/mol. The first-order chi connectivity index (χ1) is 12.6. The minimum atomic E-state index is -3.29. The molecule has 2 rings (SSSR count). The number of aliphatic imine (C=N–C) groups is 1. The zero-order valence-electron chi connectivity index (χ0n) is 15.3. The first-order valence-electron chi connectivity index (χ1n) is 8.44. The van der Waals surface area contributed by atoms with Crippen molar-refractivity contribution >= 4 is 39.8 Å². The van der Waals surface area contributed by atoms with Gasteiger partial charge >= 0.3 is 0 Å². The summed E-state index contributed by atoms with van der Waals surface area (Å²) in [4.78, 5) is 4.41. The molecule has 7 nitrogen and oxygen atoms in total. The second-order valence-electron chi connectivity index (χ2n) is 5.54. The number of nitrogens with one attached hydrogen (secondary N) is 2. The molecule has 0 spiro atoms. The van der Waals surface area contributed by atoms with E-state index in [9.17, 15) is 8.42 Å². The molecule has 0 saturated carbocycles. The van der Waals surface area contributed by atoms with Crippen molar-refractivity contribution in [2.75, 3.05) is 32.5 Å². The summed E-state index contributed by atoms with van der Waals surface area (Å²) in [6.07, 6.45) is 2.41. The smallest absolute Gasteiger partial charge is 0.191 e. The first kappa shape index (κ1) is 23.4. The molecular formula is C18H26IN3O4S. The Hall–Kier alpha value is -1.59. The molecule has 27 heavy (non-hydrogen) atoms. The summed E-state index contributed by atoms with van der Waals surface area (Å²) >= 11 is 0. The van der Waals surface area contributed by atoms with E-state index in [2.05, 4.69) is 15.6 Å². The number of rotatable bonds is 10. The average molecular weight is 507 g/mol. The molecule has 0 bridgehead atoms. The molecule has 0 aliphatic heterocycles. The van der Waals surface area contributed by atoms with Gasteiger partial charge in [-0.2, -0.15) is 0 Å². The quantitative estimate of drug-likeness (QED) is 0.222. The van der Waals surface area contributed by atoms with Crippen LogP contribution >= 0.6 is 24.0 Å². The Labute approximate surface area is 177 Å². The van der Waals surface area contributed by atoms with Gasteiger partial charge in [-0.05, 0) is 30.7 Å². The van der Waals surface area contributed by atoms with Crippen LogP contribution in [0.1, 0.15) is 12.2 Å². The van der Waals surface area contributed by atoms with Gasteiger partial charge in [-0.15, -0.1) is 24.0 Å². The maximum atomic E-state index is 12.2. The van der Waals surface area contributed by atoms with Gasteiger partial charge in [0.1, 0.15) is 12.4 Å². The SMILES string of the molecule is CN=C(NCCCOCc1ccco1)NCCS(=O)(=O)c1ccccc1.I. The lowest BCUT2D eigenvalue weighted by Crippen LogP contribution is -2.40. The van der Waals surface area contributed by atoms with E-state index in [4.69, 9.17) is 9.15 Å². The number of hydrogen-bond acceptors (Lipinski definition) is 5. The summed E-state index contributed by atoms with van der Waals surface area (Å²) in [6, 6.07) is 12.1. The Morgan fingerprint density at radius 1 is 1.11 bits per heavy atom. The Balaban J connectivity index is 0.00000364. The zero-order chi connectivity index (χ0) is 18.7. The molecule has 2 N–H and O–H groups in total. The molecule has 0 amide bonds. The van der Waals surface area contributed by atoms with Gasteiger partial charge in [-0.1, -0.05) is 18.2 Å². The molecule has 1 aromatic carbocycles. The fraction of sp³-hybridized carbons (Fsp3) is 0.389. The van der Waals surface area contributed by atoms with Gasteiger partial charge in [0.05, 0.1) is 16.9 Å². The summed E-state index contributed by atoms with van der Waals surface area (Å²) in [5.74, 6) is 1.37. The normalized spacial score (nSPS) is 11.7. The van der Waals surface area contributed by atoms with Gasteiger partial charge in [0, 0.05) is 26.7 Å². The summed E-state index contributed by atoms with van der Waals surface area (Å²) in [6.45, 7) is 2.00. The number of halogens is 1. The van der Waals surface area contributed by atoms with Crippen LogP contribution in [0.15, 0.2) is 63.0 Å². The van der Waals surface area contributed by atoms with Crippen LogP contribution in [0.3, 0.4) is 0 Å². The third-order valence-corrected chi connectivity index (χ3v) is 5.30. The number of hydrogen-bond donors (Lipinski definition) is 2. The summed E-state index contributed by atoms with van der Waals surface area (Å²) < 4.78 is 35.1. The van der Waals surface area contributed by atoms with Gasteiger partial charge in [-0.25, -0.2) is 8.42 Å². The van der Waals surface area contributed by atoms with Crippen molar-refractivity contribution in [3.63, 3.8) is 0 Å². The van der Waals surface area contributed by atoms with E-state index in [1.807, 2.05) is 12.1 Å². The average Bonchev–Trinajstić information content (AvgIpc) is 3.17. The van der Waals surface area contributed by atoms with Gasteiger partial charge < -0.3 is 19.8 Å². The van der Waals surface area contributed by atoms with E-state index in [0.29, 0.717) is 30.6 Å². The number of guanidine groups is 1. The number of benzene rings is 1. The van der Waals surface area contributed by atoms with Crippen LogP contribution in [0.5, 0.6) is 0 Å². The molecule has 2 aromatic rings. The van der Waals surface area contributed by atoms with E-state index >= 15 is 0 Å². The number of ether oxygens (including phenoxy) is 1. The number of nitrogens with zero attached hydrogens (tertiary/aromatic N) is 1. The van der Waals surface area contributed by atoms with Crippen LogP contribution < -0.4 is 10.6 Å². The molecule has 0 saturated heterocycles. The highest BCUT2D eigenvalue weighted by molar-refractivity contribution is 14.0. The van der Waals surface area contributed by atoms with Crippen molar-refractivity contribution in [3.05, 3.63) is 54.5 Å². The fourth-order valence-corrected chi connectivity index (χ4v) is 3.40. The topological polar surface area (TPSA) is 92.9 Å². The van der Waals surface area contributed by atoms with Crippen molar-refractivity contribution < 1.29 is 17.6 Å². The molecule has 0 unspecified atom stereocenters. The van der Waals surface area contributed by atoms with E-state index in [1.165, 1.54) is 0 Å². The van der Waals surface area contributed by atoms with Crippen LogP contribution in [-0.2, 0) is 21.2 Å². The van der Waals surface area contributed by atoms with Crippen LogP contribution in [0, 0.1) is 0 Å². The summed E-state index contributed by atoms with van der Waals surface area (Å²) in [5, 5.41) is 6.14. The Kier molecular flexibility index (Phi) is 11.1. The lowest BCUT2D eigenvalue weighted by molar-refractivity contribution is 0.105. The third kappa shape index (κ3) is 8.76. The molecule has 1 heterocycles. The highest BCUT2D eigenvalue weighted by atomic mass is 127. The lowest BCUT2D eigenvalue weighted by atomic mass is 10.4. The molecule has 1 aromatic heterocycles. The van der Waals surface area contributed by atoms with Gasteiger partial charge in [0.2, 0.25) is 0 Å². The standard InChI is InChI=1S/C18H25N3O4S.HI/c1-19-18(20-10-6-12-24-15-16-7-5-13-25-16)21-11-14-26(22,23)17-8-3-2-4-9-17;/h2-5,7-9,13H,6,10-12,14-15H2,1H3,(H2,19,20,21);1H. The van der Waals surface area contributed by atoms with Gasteiger partial charge in [0.25, 0.3) is 0 Å². The number of furan rings is 1. The molecule has 0 fully saturated rings.